The van der Waals surface area contributed by atoms with Crippen molar-refractivity contribution >= 4 is 17.8 Å². The number of unbranched alkanes of at least 4 members (excludes halogenated alkanes) is 1. The summed E-state index contributed by atoms with van der Waals surface area (Å²) in [5.41, 5.74) is -2.72. The molecule has 2 saturated heterocycles. The smallest absolute Gasteiger partial charge is 0.313 e. The standard InChI is InChI=1S/C26H38N2O6/c1-5-25-12-7-6-10-17-33-23(32)19(25)18-21(30)27(14-8-9-16-29)20-22(31)28(24(2,3)4)15-11-13-26(18,20)34-25/h7,11-13,18-20,29H,5-6,8-10,14-17H2,1-4H3/b12-7-/t18-,19-,20?,25+,26-/m0/s1. The van der Waals surface area contributed by atoms with E-state index in [1.54, 1.807) is 9.80 Å². The molecule has 2 amide bonds. The van der Waals surface area contributed by atoms with E-state index in [1.165, 1.54) is 0 Å². The molecule has 0 aromatic rings. The molecular formula is C26H38N2O6. The highest BCUT2D eigenvalue weighted by atomic mass is 16.6. The van der Waals surface area contributed by atoms with E-state index in [1.807, 2.05) is 52.0 Å². The van der Waals surface area contributed by atoms with Gasteiger partial charge in [-0.2, -0.15) is 0 Å². The number of ether oxygens (including phenoxy) is 2. The quantitative estimate of drug-likeness (QED) is 0.373. The molecule has 0 aliphatic carbocycles. The minimum absolute atomic E-state index is 0.0123. The van der Waals surface area contributed by atoms with Crippen LogP contribution >= 0.6 is 0 Å². The van der Waals surface area contributed by atoms with Crippen molar-refractivity contribution in [2.45, 2.75) is 82.6 Å². The predicted molar refractivity (Wildman–Crippen MR) is 126 cm³/mol. The van der Waals surface area contributed by atoms with Crippen LogP contribution in [-0.4, -0.2) is 81.8 Å². The summed E-state index contributed by atoms with van der Waals surface area (Å²) in [6.07, 6.45) is 10.7. The summed E-state index contributed by atoms with van der Waals surface area (Å²) in [6.45, 7) is 8.90. The van der Waals surface area contributed by atoms with Crippen LogP contribution in [0.15, 0.2) is 24.3 Å². The van der Waals surface area contributed by atoms with Crippen LogP contribution in [0, 0.1) is 11.8 Å². The molecule has 0 radical (unpaired) electrons. The maximum Gasteiger partial charge on any atom is 0.313 e. The number of fused-ring (bicyclic) bond motifs is 2. The molecule has 0 saturated carbocycles. The van der Waals surface area contributed by atoms with Crippen LogP contribution < -0.4 is 0 Å². The summed E-state index contributed by atoms with van der Waals surface area (Å²) < 4.78 is 12.5. The maximum absolute atomic E-state index is 14.1. The Bertz CT molecular complexity index is 892. The van der Waals surface area contributed by atoms with Crippen molar-refractivity contribution in [1.29, 1.82) is 0 Å². The molecule has 0 aromatic carbocycles. The first-order chi connectivity index (χ1) is 16.1. The summed E-state index contributed by atoms with van der Waals surface area (Å²) in [4.78, 5) is 44.9. The molecule has 4 aliphatic rings. The average molecular weight is 475 g/mol. The SMILES string of the molecule is CC[C@@]12/C=C\CCCOC(=O)[C@@H]1[C@H]1C(=O)N(CCCCO)C3C(=O)N(C(C)(C)C)CC=C[C@@]31O2. The van der Waals surface area contributed by atoms with Crippen LogP contribution in [0.5, 0.6) is 0 Å². The molecule has 8 heteroatoms. The first-order valence-corrected chi connectivity index (χ1v) is 12.6. The normalized spacial score (nSPS) is 36.7. The zero-order valence-corrected chi connectivity index (χ0v) is 20.8. The van der Waals surface area contributed by atoms with Gasteiger partial charge < -0.3 is 24.4 Å². The van der Waals surface area contributed by atoms with Crippen LogP contribution in [0.1, 0.15) is 59.8 Å². The van der Waals surface area contributed by atoms with Crippen LogP contribution in [-0.2, 0) is 23.9 Å². The van der Waals surface area contributed by atoms with E-state index in [0.717, 1.165) is 6.42 Å². The number of rotatable bonds is 5. The lowest BCUT2D eigenvalue weighted by Crippen LogP contribution is -2.59. The van der Waals surface area contributed by atoms with Crippen molar-refractivity contribution < 1.29 is 29.0 Å². The molecule has 2 fully saturated rings. The third kappa shape index (κ3) is 3.79. The number of esters is 1. The second-order valence-electron chi connectivity index (χ2n) is 10.8. The molecule has 34 heavy (non-hydrogen) atoms. The van der Waals surface area contributed by atoms with Crippen molar-refractivity contribution in [1.82, 2.24) is 9.80 Å². The van der Waals surface area contributed by atoms with E-state index >= 15 is 0 Å². The Kier molecular flexibility index (Phi) is 6.68. The van der Waals surface area contributed by atoms with Crippen LogP contribution in [0.2, 0.25) is 0 Å². The number of allylic oxidation sites excluding steroid dienone is 1. The van der Waals surface area contributed by atoms with Gasteiger partial charge in [0.2, 0.25) is 11.8 Å². The fourth-order valence-electron chi connectivity index (χ4n) is 6.11. The van der Waals surface area contributed by atoms with E-state index in [9.17, 15) is 19.5 Å². The zero-order chi connectivity index (χ0) is 24.7. The Morgan fingerprint density at radius 2 is 1.85 bits per heavy atom. The van der Waals surface area contributed by atoms with Gasteiger partial charge in [-0.25, -0.2) is 0 Å². The van der Waals surface area contributed by atoms with Gasteiger partial charge >= 0.3 is 5.97 Å². The Morgan fingerprint density at radius 1 is 1.09 bits per heavy atom. The van der Waals surface area contributed by atoms with Crippen LogP contribution in [0.25, 0.3) is 0 Å². The molecular weight excluding hydrogens is 436 g/mol. The van der Waals surface area contributed by atoms with Gasteiger partial charge in [0.05, 0.1) is 12.5 Å². The van der Waals surface area contributed by atoms with Crippen LogP contribution in [0.4, 0.5) is 0 Å². The van der Waals surface area contributed by atoms with E-state index in [4.69, 9.17) is 9.47 Å². The number of hydrogen-bond donors (Lipinski definition) is 1. The minimum atomic E-state index is -1.25. The molecule has 0 aromatic heterocycles. The van der Waals surface area contributed by atoms with Crippen molar-refractivity contribution in [2.24, 2.45) is 11.8 Å². The third-order valence-corrected chi connectivity index (χ3v) is 7.75. The second-order valence-corrected chi connectivity index (χ2v) is 10.8. The largest absolute Gasteiger partial charge is 0.465 e. The molecule has 1 spiro atoms. The Labute approximate surface area is 201 Å². The van der Waals surface area contributed by atoms with Gasteiger partial charge in [-0.05, 0) is 52.9 Å². The lowest BCUT2D eigenvalue weighted by atomic mass is 9.73. The van der Waals surface area contributed by atoms with Gasteiger partial charge in [-0.15, -0.1) is 0 Å². The van der Waals surface area contributed by atoms with Gasteiger partial charge in [0, 0.05) is 25.2 Å². The van der Waals surface area contributed by atoms with Crippen LogP contribution in [0.3, 0.4) is 0 Å². The first-order valence-electron chi connectivity index (χ1n) is 12.6. The van der Waals surface area contributed by atoms with E-state index in [-0.39, 0.29) is 18.4 Å². The number of hydrogen-bond acceptors (Lipinski definition) is 6. The lowest BCUT2D eigenvalue weighted by Gasteiger charge is -2.41. The van der Waals surface area contributed by atoms with Crippen molar-refractivity contribution in [3.05, 3.63) is 24.3 Å². The van der Waals surface area contributed by atoms with E-state index in [0.29, 0.717) is 45.4 Å². The lowest BCUT2D eigenvalue weighted by molar-refractivity contribution is -0.162. The topological polar surface area (TPSA) is 96.4 Å². The number of carbonyl (C=O) groups excluding carboxylic acids is 3. The molecule has 1 N–H and O–H groups in total. The van der Waals surface area contributed by atoms with Crippen molar-refractivity contribution in [2.75, 3.05) is 26.3 Å². The molecule has 4 heterocycles. The fraction of sp³-hybridized carbons (Fsp3) is 0.731. The highest BCUT2D eigenvalue weighted by Crippen LogP contribution is 2.58. The zero-order valence-electron chi connectivity index (χ0n) is 20.8. The number of carbonyl (C=O) groups is 3. The highest BCUT2D eigenvalue weighted by Gasteiger charge is 2.75. The number of cyclic esters (lactones) is 1. The molecule has 5 atom stereocenters. The Balaban J connectivity index is 1.87. The third-order valence-electron chi connectivity index (χ3n) is 7.75. The molecule has 4 rings (SSSR count). The monoisotopic (exact) mass is 474 g/mol. The Morgan fingerprint density at radius 3 is 2.53 bits per heavy atom. The number of aliphatic hydroxyl groups excluding tert-OH is 1. The van der Waals surface area contributed by atoms with Gasteiger partial charge in [-0.3, -0.25) is 14.4 Å². The fourth-order valence-corrected chi connectivity index (χ4v) is 6.11. The van der Waals surface area contributed by atoms with Gasteiger partial charge in [0.1, 0.15) is 23.2 Å². The molecule has 4 aliphatic heterocycles. The molecule has 8 nitrogen and oxygen atoms in total. The second kappa shape index (κ2) is 9.11. The number of aliphatic hydroxyl groups is 1. The average Bonchev–Trinajstić information content (AvgIpc) is 3.14. The van der Waals surface area contributed by atoms with E-state index < -0.39 is 40.6 Å². The summed E-state index contributed by atoms with van der Waals surface area (Å²) in [6, 6.07) is -0.873. The van der Waals surface area contributed by atoms with Gasteiger partial charge in [0.15, 0.2) is 0 Å². The molecule has 0 bridgehead atoms. The first kappa shape index (κ1) is 24.9. The number of amides is 2. The number of nitrogens with zero attached hydrogens (tertiary/aromatic N) is 2. The maximum atomic E-state index is 14.1. The summed E-state index contributed by atoms with van der Waals surface area (Å²) in [5.74, 6) is -2.53. The molecule has 1 unspecified atom stereocenters. The van der Waals surface area contributed by atoms with Crippen molar-refractivity contribution in [3.63, 3.8) is 0 Å². The Hall–Kier alpha value is -2.19. The van der Waals surface area contributed by atoms with Gasteiger partial charge in [0.25, 0.3) is 0 Å². The minimum Gasteiger partial charge on any atom is -0.465 e. The summed E-state index contributed by atoms with van der Waals surface area (Å²) in [5, 5.41) is 9.30. The van der Waals surface area contributed by atoms with E-state index in [2.05, 4.69) is 0 Å². The van der Waals surface area contributed by atoms with Gasteiger partial charge in [-0.1, -0.05) is 31.2 Å². The summed E-state index contributed by atoms with van der Waals surface area (Å²) in [7, 11) is 0. The predicted octanol–water partition coefficient (Wildman–Crippen LogP) is 2.21. The highest BCUT2D eigenvalue weighted by molar-refractivity contribution is 5.99. The summed E-state index contributed by atoms with van der Waals surface area (Å²) >= 11 is 0. The van der Waals surface area contributed by atoms with Crippen molar-refractivity contribution in [3.8, 4) is 0 Å². The molecule has 188 valence electrons. The number of likely N-dealkylation sites (tertiary alicyclic amines) is 1.